The summed E-state index contributed by atoms with van der Waals surface area (Å²) in [5, 5.41) is 8.37. The Kier molecular flexibility index (Phi) is 4.62. The molecule has 7 heteroatoms. The molecule has 136 valence electrons. The monoisotopic (exact) mass is 344 g/mol. The molecular formula is C18H28N6O. The zero-order chi connectivity index (χ0) is 17.4. The molecule has 2 aliphatic rings. The predicted octanol–water partition coefficient (Wildman–Crippen LogP) is 1.29. The molecule has 1 fully saturated rings. The Balaban J connectivity index is 1.43. The van der Waals surface area contributed by atoms with Crippen molar-refractivity contribution in [2.75, 3.05) is 26.7 Å². The van der Waals surface area contributed by atoms with Crippen molar-refractivity contribution in [1.82, 2.24) is 29.5 Å². The molecule has 1 saturated heterocycles. The van der Waals surface area contributed by atoms with Gasteiger partial charge in [0, 0.05) is 44.6 Å². The first-order chi connectivity index (χ1) is 12.1. The van der Waals surface area contributed by atoms with Crippen molar-refractivity contribution in [2.24, 2.45) is 7.05 Å². The molecule has 4 heterocycles. The Morgan fingerprint density at radius 1 is 1.36 bits per heavy atom. The number of imidazole rings is 1. The molecular weight excluding hydrogens is 316 g/mol. The molecule has 25 heavy (non-hydrogen) atoms. The molecule has 0 aliphatic carbocycles. The van der Waals surface area contributed by atoms with E-state index in [4.69, 9.17) is 9.84 Å². The van der Waals surface area contributed by atoms with Gasteiger partial charge in [0.2, 0.25) is 0 Å². The van der Waals surface area contributed by atoms with E-state index >= 15 is 0 Å². The summed E-state index contributed by atoms with van der Waals surface area (Å²) in [6, 6.07) is 2.69. The third kappa shape index (κ3) is 3.23. The van der Waals surface area contributed by atoms with Gasteiger partial charge in [-0.05, 0) is 32.9 Å². The molecule has 1 unspecified atom stereocenters. The van der Waals surface area contributed by atoms with E-state index in [1.165, 1.54) is 17.8 Å². The van der Waals surface area contributed by atoms with Gasteiger partial charge in [-0.2, -0.15) is 5.10 Å². The number of hydrogen-bond donors (Lipinski definition) is 1. The highest BCUT2D eigenvalue weighted by atomic mass is 16.5. The summed E-state index contributed by atoms with van der Waals surface area (Å²) < 4.78 is 10.4. The first-order valence-electron chi connectivity index (χ1n) is 9.21. The van der Waals surface area contributed by atoms with Crippen LogP contribution in [-0.2, 0) is 24.8 Å². The summed E-state index contributed by atoms with van der Waals surface area (Å²) in [6.07, 6.45) is 6.29. The molecule has 1 N–H and O–H groups in total. The van der Waals surface area contributed by atoms with Crippen LogP contribution < -0.4 is 5.32 Å². The standard InChI is InChI=1S/C18H28N6O/c1-13(15-9-14-5-4-6-24(14)21-15)20-11-17-18(22(2)7-8-25-17)16-10-19-12-23(16)3/h9-10,12-13,17-18,20H,4-8,11H2,1-3H3/t13?,17-,18-/m0/s1. The van der Waals surface area contributed by atoms with Crippen molar-refractivity contribution in [3.63, 3.8) is 0 Å². The van der Waals surface area contributed by atoms with E-state index in [0.717, 1.165) is 38.4 Å². The van der Waals surface area contributed by atoms with Gasteiger partial charge in [0.15, 0.2) is 0 Å². The number of aryl methyl sites for hydroxylation is 3. The molecule has 2 aromatic rings. The molecule has 3 atom stereocenters. The number of rotatable bonds is 5. The van der Waals surface area contributed by atoms with Crippen LogP contribution in [0.5, 0.6) is 0 Å². The van der Waals surface area contributed by atoms with Crippen molar-refractivity contribution in [3.8, 4) is 0 Å². The van der Waals surface area contributed by atoms with Gasteiger partial charge in [-0.15, -0.1) is 0 Å². The Morgan fingerprint density at radius 3 is 3.00 bits per heavy atom. The molecule has 0 bridgehead atoms. The Hall–Kier alpha value is -1.70. The average molecular weight is 344 g/mol. The van der Waals surface area contributed by atoms with Gasteiger partial charge in [0.05, 0.1) is 36.5 Å². The number of aromatic nitrogens is 4. The number of ether oxygens (including phenoxy) is 1. The molecule has 7 nitrogen and oxygen atoms in total. The van der Waals surface area contributed by atoms with Crippen molar-refractivity contribution in [2.45, 2.75) is 44.5 Å². The third-order valence-corrected chi connectivity index (χ3v) is 5.51. The van der Waals surface area contributed by atoms with E-state index in [-0.39, 0.29) is 18.2 Å². The minimum absolute atomic E-state index is 0.103. The maximum atomic E-state index is 6.12. The van der Waals surface area contributed by atoms with Gasteiger partial charge in [0.1, 0.15) is 0 Å². The Bertz CT molecular complexity index is 701. The molecule has 0 aromatic carbocycles. The van der Waals surface area contributed by atoms with Crippen LogP contribution in [0.15, 0.2) is 18.6 Å². The second-order valence-electron chi connectivity index (χ2n) is 7.28. The molecule has 0 amide bonds. The van der Waals surface area contributed by atoms with Crippen molar-refractivity contribution >= 4 is 0 Å². The largest absolute Gasteiger partial charge is 0.374 e. The molecule has 0 spiro atoms. The fraction of sp³-hybridized carbons (Fsp3) is 0.667. The van der Waals surface area contributed by atoms with Gasteiger partial charge in [-0.3, -0.25) is 9.58 Å². The summed E-state index contributed by atoms with van der Waals surface area (Å²) in [7, 11) is 4.21. The van der Waals surface area contributed by atoms with Gasteiger partial charge < -0.3 is 14.6 Å². The van der Waals surface area contributed by atoms with Crippen LogP contribution in [0.25, 0.3) is 0 Å². The SMILES string of the molecule is CC(NC[C@@H]1OCCN(C)[C@H]1c1cncn1C)c1cc2n(n1)CCC2. The van der Waals surface area contributed by atoms with Crippen LogP contribution in [0.1, 0.15) is 42.5 Å². The topological polar surface area (TPSA) is 60.1 Å². The second kappa shape index (κ2) is 6.90. The minimum Gasteiger partial charge on any atom is -0.374 e. The normalized spacial score (nSPS) is 25.2. The fourth-order valence-corrected chi connectivity index (χ4v) is 3.99. The summed E-state index contributed by atoms with van der Waals surface area (Å²) in [5.41, 5.74) is 3.70. The molecule has 2 aliphatic heterocycles. The van der Waals surface area contributed by atoms with Gasteiger partial charge in [0.25, 0.3) is 0 Å². The third-order valence-electron chi connectivity index (χ3n) is 5.51. The van der Waals surface area contributed by atoms with E-state index < -0.39 is 0 Å². The number of nitrogens with zero attached hydrogens (tertiary/aromatic N) is 5. The van der Waals surface area contributed by atoms with E-state index in [2.05, 4.69) is 44.5 Å². The minimum atomic E-state index is 0.103. The van der Waals surface area contributed by atoms with Crippen LogP contribution in [0.2, 0.25) is 0 Å². The van der Waals surface area contributed by atoms with Crippen molar-refractivity contribution in [1.29, 1.82) is 0 Å². The van der Waals surface area contributed by atoms with E-state index in [1.807, 2.05) is 19.6 Å². The Labute approximate surface area is 149 Å². The molecule has 0 radical (unpaired) electrons. The lowest BCUT2D eigenvalue weighted by Gasteiger charge is -2.39. The molecule has 4 rings (SSSR count). The highest BCUT2D eigenvalue weighted by molar-refractivity contribution is 5.16. The first kappa shape index (κ1) is 16.8. The zero-order valence-corrected chi connectivity index (χ0v) is 15.4. The maximum Gasteiger partial charge on any atom is 0.0946 e. The highest BCUT2D eigenvalue weighted by Crippen LogP contribution is 2.28. The first-order valence-corrected chi connectivity index (χ1v) is 9.21. The Morgan fingerprint density at radius 2 is 2.24 bits per heavy atom. The van der Waals surface area contributed by atoms with Crippen LogP contribution in [0.3, 0.4) is 0 Å². The van der Waals surface area contributed by atoms with Crippen LogP contribution in [-0.4, -0.2) is 57.1 Å². The number of hydrogen-bond acceptors (Lipinski definition) is 5. The number of fused-ring (bicyclic) bond motifs is 1. The maximum absolute atomic E-state index is 6.12. The van der Waals surface area contributed by atoms with Gasteiger partial charge in [-0.25, -0.2) is 4.98 Å². The summed E-state index contributed by atoms with van der Waals surface area (Å²) >= 11 is 0. The van der Waals surface area contributed by atoms with Crippen molar-refractivity contribution in [3.05, 3.63) is 35.7 Å². The van der Waals surface area contributed by atoms with Gasteiger partial charge >= 0.3 is 0 Å². The predicted molar refractivity (Wildman–Crippen MR) is 95.3 cm³/mol. The fourth-order valence-electron chi connectivity index (χ4n) is 3.99. The lowest BCUT2D eigenvalue weighted by molar-refractivity contribution is -0.0643. The van der Waals surface area contributed by atoms with E-state index in [0.29, 0.717) is 0 Å². The lowest BCUT2D eigenvalue weighted by Crippen LogP contribution is -2.48. The van der Waals surface area contributed by atoms with E-state index in [1.54, 1.807) is 0 Å². The quantitative estimate of drug-likeness (QED) is 0.886. The summed E-state index contributed by atoms with van der Waals surface area (Å²) in [4.78, 5) is 6.65. The number of nitrogens with one attached hydrogen (secondary N) is 1. The lowest BCUT2D eigenvalue weighted by atomic mass is 10.0. The summed E-state index contributed by atoms with van der Waals surface area (Å²) in [5.74, 6) is 0. The van der Waals surface area contributed by atoms with Crippen LogP contribution in [0, 0.1) is 0 Å². The van der Waals surface area contributed by atoms with Gasteiger partial charge in [-0.1, -0.05) is 0 Å². The molecule has 0 saturated carbocycles. The highest BCUT2D eigenvalue weighted by Gasteiger charge is 2.33. The number of likely N-dealkylation sites (N-methyl/N-ethyl adjacent to an activating group) is 1. The van der Waals surface area contributed by atoms with Crippen LogP contribution >= 0.6 is 0 Å². The zero-order valence-electron chi connectivity index (χ0n) is 15.4. The van der Waals surface area contributed by atoms with E-state index in [9.17, 15) is 0 Å². The van der Waals surface area contributed by atoms with Crippen molar-refractivity contribution < 1.29 is 4.74 Å². The summed E-state index contributed by atoms with van der Waals surface area (Å²) in [6.45, 7) is 5.74. The second-order valence-corrected chi connectivity index (χ2v) is 7.28. The average Bonchev–Trinajstić information content (AvgIpc) is 3.28. The van der Waals surface area contributed by atoms with Crippen LogP contribution in [0.4, 0.5) is 0 Å². The molecule has 2 aromatic heterocycles. The number of morpholine rings is 1. The smallest absolute Gasteiger partial charge is 0.0946 e.